The Balaban J connectivity index is 2.53. The number of nitro benzene ring substituents is 1. The number of carbonyl (C=O) groups excluding carboxylic acids is 1. The summed E-state index contributed by atoms with van der Waals surface area (Å²) in [5, 5.41) is 10.1. The number of sulfonamides is 1. The molecule has 0 amide bonds. The molecule has 0 saturated heterocycles. The van der Waals surface area contributed by atoms with Gasteiger partial charge in [-0.15, -0.1) is 0 Å². The van der Waals surface area contributed by atoms with Crippen LogP contribution in [0.25, 0.3) is 0 Å². The van der Waals surface area contributed by atoms with Gasteiger partial charge in [-0.05, 0) is 41.3 Å². The topological polar surface area (TPSA) is 97.6 Å². The van der Waals surface area contributed by atoms with E-state index in [0.717, 1.165) is 15.9 Å². The van der Waals surface area contributed by atoms with Crippen LogP contribution >= 0.6 is 11.6 Å². The lowest BCUT2D eigenvalue weighted by molar-refractivity contribution is -0.385. The summed E-state index contributed by atoms with van der Waals surface area (Å²) in [6, 6.07) is 11.3. The summed E-state index contributed by atoms with van der Waals surface area (Å²) in [6.07, 6.45) is 0. The zero-order chi connectivity index (χ0) is 19.5. The number of nitro groups is 1. The fraction of sp³-hybridized carbons (Fsp3) is 0.235. The van der Waals surface area contributed by atoms with Crippen LogP contribution < -0.4 is 4.31 Å². The van der Waals surface area contributed by atoms with Crippen molar-refractivity contribution in [2.75, 3.05) is 10.8 Å². The van der Waals surface area contributed by atoms with Crippen LogP contribution in [0.5, 0.6) is 0 Å². The minimum atomic E-state index is -4.21. The number of halogens is 1. The van der Waals surface area contributed by atoms with Gasteiger partial charge in [-0.1, -0.05) is 32.0 Å². The summed E-state index contributed by atoms with van der Waals surface area (Å²) in [4.78, 5) is 21.3. The lowest BCUT2D eigenvalue weighted by atomic mass is 10.0. The van der Waals surface area contributed by atoms with E-state index < -0.39 is 26.7 Å². The Morgan fingerprint density at radius 2 is 1.81 bits per heavy atom. The summed E-state index contributed by atoms with van der Waals surface area (Å²) in [5.41, 5.74) is 0.881. The molecule has 0 aliphatic heterocycles. The summed E-state index contributed by atoms with van der Waals surface area (Å²) in [7, 11) is -4.21. The van der Waals surface area contributed by atoms with Crippen molar-refractivity contribution >= 4 is 38.2 Å². The number of benzene rings is 2. The predicted molar refractivity (Wildman–Crippen MR) is 99.0 cm³/mol. The average Bonchev–Trinajstić information content (AvgIpc) is 2.59. The van der Waals surface area contributed by atoms with Gasteiger partial charge in [-0.2, -0.15) is 0 Å². The van der Waals surface area contributed by atoms with Crippen molar-refractivity contribution in [2.45, 2.75) is 24.7 Å². The van der Waals surface area contributed by atoms with E-state index >= 15 is 0 Å². The van der Waals surface area contributed by atoms with Crippen molar-refractivity contribution in [3.8, 4) is 0 Å². The maximum absolute atomic E-state index is 13.0. The van der Waals surface area contributed by atoms with Crippen molar-refractivity contribution in [1.82, 2.24) is 0 Å². The van der Waals surface area contributed by atoms with E-state index in [1.165, 1.54) is 18.2 Å². The van der Waals surface area contributed by atoms with Crippen molar-refractivity contribution in [3.63, 3.8) is 0 Å². The molecule has 2 rings (SSSR count). The normalized spacial score (nSPS) is 11.4. The number of nitrogens with zero attached hydrogens (tertiary/aromatic N) is 2. The quantitative estimate of drug-likeness (QED) is 0.404. The summed E-state index contributed by atoms with van der Waals surface area (Å²) < 4.78 is 26.7. The molecular weight excluding hydrogens is 380 g/mol. The van der Waals surface area contributed by atoms with Gasteiger partial charge in [0.2, 0.25) is 5.24 Å². The van der Waals surface area contributed by atoms with Crippen LogP contribution in [-0.2, 0) is 14.8 Å². The minimum Gasteiger partial charge on any atom is -0.279 e. The van der Waals surface area contributed by atoms with Crippen LogP contribution in [0.1, 0.15) is 25.3 Å². The molecule has 2 aromatic rings. The zero-order valence-corrected chi connectivity index (χ0v) is 15.7. The number of hydrogen-bond donors (Lipinski definition) is 0. The van der Waals surface area contributed by atoms with E-state index in [1.54, 1.807) is 24.3 Å². The average molecular weight is 397 g/mol. The van der Waals surface area contributed by atoms with Gasteiger partial charge in [0.25, 0.3) is 15.7 Å². The molecule has 0 radical (unpaired) electrons. The van der Waals surface area contributed by atoms with E-state index in [0.29, 0.717) is 0 Å². The molecule has 7 nitrogen and oxygen atoms in total. The van der Waals surface area contributed by atoms with Crippen molar-refractivity contribution in [3.05, 3.63) is 64.2 Å². The molecule has 0 saturated carbocycles. The number of rotatable bonds is 7. The highest BCUT2D eigenvalue weighted by molar-refractivity contribution is 7.92. The molecule has 0 atom stereocenters. The van der Waals surface area contributed by atoms with Crippen LogP contribution in [0.15, 0.2) is 53.4 Å². The van der Waals surface area contributed by atoms with Gasteiger partial charge < -0.3 is 0 Å². The molecule has 26 heavy (non-hydrogen) atoms. The van der Waals surface area contributed by atoms with E-state index in [-0.39, 0.29) is 22.2 Å². The molecule has 9 heteroatoms. The van der Waals surface area contributed by atoms with Gasteiger partial charge in [0.15, 0.2) is 0 Å². The van der Waals surface area contributed by atoms with Crippen molar-refractivity contribution < 1.29 is 18.1 Å². The molecule has 0 fully saturated rings. The Morgan fingerprint density at radius 3 is 2.31 bits per heavy atom. The highest BCUT2D eigenvalue weighted by Gasteiger charge is 2.28. The van der Waals surface area contributed by atoms with Gasteiger partial charge >= 0.3 is 0 Å². The Bertz CT molecular complexity index is 926. The third-order valence-corrected chi connectivity index (χ3v) is 5.62. The summed E-state index contributed by atoms with van der Waals surface area (Å²) >= 11 is 5.43. The molecule has 0 heterocycles. The molecule has 2 aromatic carbocycles. The Hall–Kier alpha value is -2.45. The predicted octanol–water partition coefficient (Wildman–Crippen LogP) is 3.68. The molecular formula is C17H17ClN2O5S. The maximum atomic E-state index is 13.0. The van der Waals surface area contributed by atoms with Crippen LogP contribution in [0, 0.1) is 10.1 Å². The molecule has 0 bridgehead atoms. The van der Waals surface area contributed by atoms with Crippen molar-refractivity contribution in [1.29, 1.82) is 0 Å². The molecule has 138 valence electrons. The standard InChI is InChI=1S/C17H17ClN2O5S/c1-12(2)13-6-8-14(9-7-13)19(11-17(18)21)26(24,25)16-5-3-4-15(10-16)20(22)23/h3-10,12H,11H2,1-2H3. The zero-order valence-electron chi connectivity index (χ0n) is 14.1. The smallest absolute Gasteiger partial charge is 0.270 e. The van der Waals surface area contributed by atoms with Crippen molar-refractivity contribution in [2.24, 2.45) is 0 Å². The third-order valence-electron chi connectivity index (χ3n) is 3.73. The first kappa shape index (κ1) is 19.9. The Morgan fingerprint density at radius 1 is 1.19 bits per heavy atom. The maximum Gasteiger partial charge on any atom is 0.270 e. The minimum absolute atomic E-state index is 0.245. The van der Waals surface area contributed by atoms with E-state index in [9.17, 15) is 23.3 Å². The second-order valence-electron chi connectivity index (χ2n) is 5.87. The molecule has 0 aliphatic carbocycles. The van der Waals surface area contributed by atoms with Crippen LogP contribution in [0.4, 0.5) is 11.4 Å². The van der Waals surface area contributed by atoms with Crippen LogP contribution in [-0.4, -0.2) is 25.1 Å². The largest absolute Gasteiger partial charge is 0.279 e. The van der Waals surface area contributed by atoms with Gasteiger partial charge in [0.05, 0.1) is 15.5 Å². The first-order valence-corrected chi connectivity index (χ1v) is 9.50. The van der Waals surface area contributed by atoms with E-state index in [4.69, 9.17) is 11.6 Å². The molecule has 0 N–H and O–H groups in total. The number of hydrogen-bond acceptors (Lipinski definition) is 5. The SMILES string of the molecule is CC(C)c1ccc(N(CC(=O)Cl)S(=O)(=O)c2cccc([N+](=O)[O-])c2)cc1. The van der Waals surface area contributed by atoms with Crippen LogP contribution in [0.2, 0.25) is 0 Å². The second-order valence-corrected chi connectivity index (χ2v) is 8.15. The molecule has 0 aliphatic rings. The van der Waals surface area contributed by atoms with Gasteiger partial charge in [0.1, 0.15) is 6.54 Å². The lowest BCUT2D eigenvalue weighted by Gasteiger charge is -2.23. The first-order valence-electron chi connectivity index (χ1n) is 7.68. The second kappa shape index (κ2) is 7.84. The fourth-order valence-electron chi connectivity index (χ4n) is 2.34. The molecule has 0 spiro atoms. The highest BCUT2D eigenvalue weighted by Crippen LogP contribution is 2.27. The van der Waals surface area contributed by atoms with Gasteiger partial charge in [-0.25, -0.2) is 8.42 Å². The highest BCUT2D eigenvalue weighted by atomic mass is 35.5. The Labute approximate surface area is 156 Å². The Kier molecular flexibility index (Phi) is 5.99. The molecule has 0 aromatic heterocycles. The van der Waals surface area contributed by atoms with Gasteiger partial charge in [-0.3, -0.25) is 19.2 Å². The number of non-ortho nitro benzene ring substituents is 1. The number of carbonyl (C=O) groups is 1. The monoisotopic (exact) mass is 396 g/mol. The first-order chi connectivity index (χ1) is 12.1. The third kappa shape index (κ3) is 4.39. The summed E-state index contributed by atoms with van der Waals surface area (Å²) in [6.45, 7) is 3.40. The number of anilines is 1. The molecule has 0 unspecified atom stereocenters. The van der Waals surface area contributed by atoms with E-state index in [2.05, 4.69) is 0 Å². The van der Waals surface area contributed by atoms with Gasteiger partial charge in [0, 0.05) is 12.1 Å². The lowest BCUT2D eigenvalue weighted by Crippen LogP contribution is -2.34. The van der Waals surface area contributed by atoms with Crippen LogP contribution in [0.3, 0.4) is 0 Å². The fourth-order valence-corrected chi connectivity index (χ4v) is 3.99. The summed E-state index contributed by atoms with van der Waals surface area (Å²) in [5.74, 6) is 0.250. The van der Waals surface area contributed by atoms with E-state index in [1.807, 2.05) is 13.8 Å².